The highest BCUT2D eigenvalue weighted by Gasteiger charge is 2.09. The monoisotopic (exact) mass is 392 g/mol. The molecule has 4 aromatic rings. The van der Waals surface area contributed by atoms with E-state index in [0.29, 0.717) is 0 Å². The minimum Gasteiger partial charge on any atom is -0.337 e. The van der Waals surface area contributed by atoms with Gasteiger partial charge in [0.2, 0.25) is 0 Å². The Bertz CT molecular complexity index is 1110. The van der Waals surface area contributed by atoms with Crippen molar-refractivity contribution < 1.29 is 4.39 Å². The lowest BCUT2D eigenvalue weighted by Gasteiger charge is -2.10. The summed E-state index contributed by atoms with van der Waals surface area (Å²) < 4.78 is 17.7. The highest BCUT2D eigenvalue weighted by atomic mass is 32.1. The Labute approximate surface area is 167 Å². The number of thiazole rings is 1. The van der Waals surface area contributed by atoms with E-state index in [0.717, 1.165) is 41.3 Å². The van der Waals surface area contributed by atoms with E-state index < -0.39 is 0 Å². The second-order valence-corrected chi connectivity index (χ2v) is 7.50. The van der Waals surface area contributed by atoms with Crippen LogP contribution >= 0.6 is 11.3 Å². The lowest BCUT2D eigenvalue weighted by atomic mass is 10.1. The Hall–Kier alpha value is -2.99. The molecule has 0 N–H and O–H groups in total. The SMILES string of the molecule is Cc1cccc(N=c2scc(-c3ccc(F)cc3)n2CCCn2ccnc2)c1. The van der Waals surface area contributed by atoms with Crippen molar-refractivity contribution in [2.75, 3.05) is 0 Å². The molecule has 0 radical (unpaired) electrons. The van der Waals surface area contributed by atoms with Gasteiger partial charge in [0.25, 0.3) is 0 Å². The van der Waals surface area contributed by atoms with Gasteiger partial charge in [-0.3, -0.25) is 0 Å². The van der Waals surface area contributed by atoms with Gasteiger partial charge < -0.3 is 9.13 Å². The van der Waals surface area contributed by atoms with E-state index in [9.17, 15) is 4.39 Å². The summed E-state index contributed by atoms with van der Waals surface area (Å²) in [6, 6.07) is 14.8. The molecule has 0 saturated heterocycles. The Balaban J connectivity index is 1.69. The number of rotatable bonds is 6. The van der Waals surface area contributed by atoms with Crippen molar-refractivity contribution in [3.63, 3.8) is 0 Å². The minimum atomic E-state index is -0.227. The van der Waals surface area contributed by atoms with Gasteiger partial charge in [-0.15, -0.1) is 11.3 Å². The molecule has 0 aliphatic rings. The third kappa shape index (κ3) is 4.28. The molecule has 0 fully saturated rings. The molecule has 4 nitrogen and oxygen atoms in total. The number of nitrogens with zero attached hydrogens (tertiary/aromatic N) is 4. The first-order valence-electron chi connectivity index (χ1n) is 9.20. The van der Waals surface area contributed by atoms with E-state index in [1.165, 1.54) is 17.7 Å². The number of halogens is 1. The van der Waals surface area contributed by atoms with Crippen LogP contribution in [0.15, 0.2) is 77.6 Å². The topological polar surface area (TPSA) is 35.1 Å². The molecule has 28 heavy (non-hydrogen) atoms. The Kier molecular flexibility index (Phi) is 5.48. The van der Waals surface area contributed by atoms with Gasteiger partial charge in [0.05, 0.1) is 17.7 Å². The van der Waals surface area contributed by atoms with Crippen LogP contribution in [0.2, 0.25) is 0 Å². The van der Waals surface area contributed by atoms with Crippen LogP contribution in [-0.2, 0) is 13.1 Å². The fourth-order valence-corrected chi connectivity index (χ4v) is 4.08. The molecular formula is C22H21FN4S. The third-order valence-electron chi connectivity index (χ3n) is 4.52. The maximum absolute atomic E-state index is 13.4. The van der Waals surface area contributed by atoms with E-state index in [1.807, 2.05) is 36.8 Å². The third-order valence-corrected chi connectivity index (χ3v) is 5.38. The van der Waals surface area contributed by atoms with Crippen molar-refractivity contribution in [3.8, 4) is 11.3 Å². The van der Waals surface area contributed by atoms with Crippen molar-refractivity contribution in [1.82, 2.24) is 14.1 Å². The molecule has 0 aliphatic heterocycles. The number of imidazole rings is 1. The van der Waals surface area contributed by atoms with Gasteiger partial charge in [-0.2, -0.15) is 0 Å². The van der Waals surface area contributed by atoms with Crippen LogP contribution in [0.4, 0.5) is 10.1 Å². The fraction of sp³-hybridized carbons (Fsp3) is 0.182. The van der Waals surface area contributed by atoms with Gasteiger partial charge in [0.1, 0.15) is 5.82 Å². The quantitative estimate of drug-likeness (QED) is 0.445. The van der Waals surface area contributed by atoms with Crippen molar-refractivity contribution in [2.24, 2.45) is 4.99 Å². The Morgan fingerprint density at radius 3 is 2.71 bits per heavy atom. The highest BCUT2D eigenvalue weighted by Crippen LogP contribution is 2.22. The Morgan fingerprint density at radius 1 is 1.11 bits per heavy atom. The zero-order valence-electron chi connectivity index (χ0n) is 15.6. The molecule has 2 aromatic carbocycles. The summed E-state index contributed by atoms with van der Waals surface area (Å²) in [6.07, 6.45) is 6.54. The molecule has 2 heterocycles. The molecule has 4 rings (SSSR count). The van der Waals surface area contributed by atoms with E-state index in [4.69, 9.17) is 4.99 Å². The van der Waals surface area contributed by atoms with Crippen molar-refractivity contribution in [2.45, 2.75) is 26.4 Å². The lowest BCUT2D eigenvalue weighted by Crippen LogP contribution is -2.17. The molecule has 0 atom stereocenters. The summed E-state index contributed by atoms with van der Waals surface area (Å²) in [5, 5.41) is 2.10. The van der Waals surface area contributed by atoms with Gasteiger partial charge in [-0.1, -0.05) is 12.1 Å². The fourth-order valence-electron chi connectivity index (χ4n) is 3.12. The highest BCUT2D eigenvalue weighted by molar-refractivity contribution is 7.07. The predicted octanol–water partition coefficient (Wildman–Crippen LogP) is 5.18. The zero-order valence-corrected chi connectivity index (χ0v) is 16.4. The summed E-state index contributed by atoms with van der Waals surface area (Å²) in [6.45, 7) is 3.77. The second-order valence-electron chi connectivity index (χ2n) is 6.67. The molecule has 0 unspecified atom stereocenters. The van der Waals surface area contributed by atoms with E-state index in [1.54, 1.807) is 17.5 Å². The van der Waals surface area contributed by atoms with Crippen molar-refractivity contribution >= 4 is 17.0 Å². The molecule has 0 bridgehead atoms. The smallest absolute Gasteiger partial charge is 0.190 e. The standard InChI is InChI=1S/C22H21FN4S/c1-17-4-2-5-20(14-17)25-22-27(12-3-11-26-13-10-24-16-26)21(15-28-22)18-6-8-19(23)9-7-18/h2,4-10,13-16H,3,11-12H2,1H3. The van der Waals surface area contributed by atoms with Crippen LogP contribution in [-0.4, -0.2) is 14.1 Å². The molecule has 142 valence electrons. The number of hydrogen-bond acceptors (Lipinski definition) is 3. The summed E-state index contributed by atoms with van der Waals surface area (Å²) in [5.74, 6) is -0.227. The molecular weight excluding hydrogens is 371 g/mol. The molecule has 0 amide bonds. The van der Waals surface area contributed by atoms with E-state index >= 15 is 0 Å². The average Bonchev–Trinajstić information content (AvgIpc) is 3.33. The predicted molar refractivity (Wildman–Crippen MR) is 111 cm³/mol. The number of aryl methyl sites for hydroxylation is 2. The maximum atomic E-state index is 13.4. The summed E-state index contributed by atoms with van der Waals surface area (Å²) in [4.78, 5) is 9.91. The van der Waals surface area contributed by atoms with Crippen LogP contribution < -0.4 is 4.80 Å². The second kappa shape index (κ2) is 8.35. The first-order chi connectivity index (χ1) is 13.7. The first-order valence-corrected chi connectivity index (χ1v) is 10.1. The van der Waals surface area contributed by atoms with E-state index in [-0.39, 0.29) is 5.82 Å². The maximum Gasteiger partial charge on any atom is 0.190 e. The molecule has 0 aliphatic carbocycles. The molecule has 6 heteroatoms. The average molecular weight is 393 g/mol. The number of hydrogen-bond donors (Lipinski definition) is 0. The molecule has 2 aromatic heterocycles. The zero-order chi connectivity index (χ0) is 19.3. The van der Waals surface area contributed by atoms with Crippen LogP contribution in [0.25, 0.3) is 11.3 Å². The summed E-state index contributed by atoms with van der Waals surface area (Å²) >= 11 is 1.61. The summed E-state index contributed by atoms with van der Waals surface area (Å²) in [5.41, 5.74) is 4.17. The van der Waals surface area contributed by atoms with Crippen molar-refractivity contribution in [3.05, 3.63) is 88.8 Å². The van der Waals surface area contributed by atoms with E-state index in [2.05, 4.69) is 38.6 Å². The summed E-state index contributed by atoms with van der Waals surface area (Å²) in [7, 11) is 0. The lowest BCUT2D eigenvalue weighted by molar-refractivity contribution is 0.559. The van der Waals surface area contributed by atoms with Crippen LogP contribution in [0, 0.1) is 12.7 Å². The normalized spacial score (nSPS) is 11.9. The van der Waals surface area contributed by atoms with Crippen LogP contribution in [0.5, 0.6) is 0 Å². The Morgan fingerprint density at radius 2 is 1.96 bits per heavy atom. The minimum absolute atomic E-state index is 0.227. The van der Waals surface area contributed by atoms with Crippen LogP contribution in [0.1, 0.15) is 12.0 Å². The van der Waals surface area contributed by atoms with Gasteiger partial charge in [-0.05, 0) is 60.9 Å². The van der Waals surface area contributed by atoms with Crippen molar-refractivity contribution in [1.29, 1.82) is 0 Å². The molecule has 0 spiro atoms. The molecule has 0 saturated carbocycles. The van der Waals surface area contributed by atoms with Gasteiger partial charge in [0, 0.05) is 30.9 Å². The van der Waals surface area contributed by atoms with Gasteiger partial charge in [-0.25, -0.2) is 14.4 Å². The number of aromatic nitrogens is 3. The van der Waals surface area contributed by atoms with Crippen LogP contribution in [0.3, 0.4) is 0 Å². The first kappa shape index (κ1) is 18.4. The largest absolute Gasteiger partial charge is 0.337 e. The van der Waals surface area contributed by atoms with Gasteiger partial charge >= 0.3 is 0 Å². The van der Waals surface area contributed by atoms with Gasteiger partial charge in [0.15, 0.2) is 4.80 Å². The number of benzene rings is 2.